The Labute approximate surface area is 336 Å². The molecular formula is C41H63FN5O9P. The molecule has 14 nitrogen and oxygen atoms in total. The fourth-order valence-electron chi connectivity index (χ4n) is 7.08. The van der Waals surface area contributed by atoms with E-state index in [-0.39, 0.29) is 18.0 Å². The monoisotopic (exact) mass is 819 g/mol. The van der Waals surface area contributed by atoms with Crippen molar-refractivity contribution in [1.29, 1.82) is 5.26 Å². The molecule has 3 heterocycles. The average Bonchev–Trinajstić information content (AvgIpc) is 3.72. The Bertz CT molecular complexity index is 1740. The number of halogens is 1. The summed E-state index contributed by atoms with van der Waals surface area (Å²) in [5.41, 5.74) is 5.70. The second-order valence-corrected chi connectivity index (χ2v) is 16.8. The molecule has 1 aliphatic heterocycles. The molecule has 5 N–H and O–H groups in total. The van der Waals surface area contributed by atoms with Crippen LogP contribution in [0.4, 0.5) is 10.2 Å². The number of aliphatic hydroxyl groups is 2. The third-order valence-corrected chi connectivity index (χ3v) is 11.5. The van der Waals surface area contributed by atoms with Gasteiger partial charge in [-0.05, 0) is 56.2 Å². The van der Waals surface area contributed by atoms with E-state index in [9.17, 15) is 29.3 Å². The van der Waals surface area contributed by atoms with Gasteiger partial charge in [0.2, 0.25) is 0 Å². The summed E-state index contributed by atoms with van der Waals surface area (Å²) in [7, 11) is -4.79. The number of phosphoric acid groups is 1. The smallest absolute Gasteiger partial charge is 0.387 e. The van der Waals surface area contributed by atoms with E-state index in [1.54, 1.807) is 19.1 Å². The molecule has 16 heteroatoms. The number of aliphatic hydroxyl groups excluding tert-OH is 2. The van der Waals surface area contributed by atoms with Crippen LogP contribution < -0.4 is 5.73 Å². The molecular weight excluding hydrogens is 756 g/mol. The van der Waals surface area contributed by atoms with Crippen molar-refractivity contribution in [2.24, 2.45) is 0 Å². The van der Waals surface area contributed by atoms with Gasteiger partial charge in [-0.15, -0.1) is 0 Å². The zero-order valence-electron chi connectivity index (χ0n) is 33.8. The normalized spacial score (nSPS) is 21.8. The maximum atomic E-state index is 14.1. The Kier molecular flexibility index (Phi) is 19.3. The highest BCUT2D eigenvalue weighted by atomic mass is 31.2. The van der Waals surface area contributed by atoms with Crippen molar-refractivity contribution in [3.63, 3.8) is 0 Å². The predicted octanol–water partition coefficient (Wildman–Crippen LogP) is 7.87. The Morgan fingerprint density at radius 2 is 1.61 bits per heavy atom. The van der Waals surface area contributed by atoms with Crippen molar-refractivity contribution in [2.75, 3.05) is 25.6 Å². The van der Waals surface area contributed by atoms with Gasteiger partial charge < -0.3 is 35.1 Å². The molecule has 0 saturated carbocycles. The number of hydrogen-bond acceptors (Lipinski definition) is 12. The zero-order chi connectivity index (χ0) is 41.3. The first-order chi connectivity index (χ1) is 27.4. The molecule has 57 heavy (non-hydrogen) atoms. The van der Waals surface area contributed by atoms with Crippen LogP contribution in [-0.4, -0.2) is 79.5 Å². The minimum Gasteiger partial charge on any atom is -0.387 e. The molecule has 0 spiro atoms. The van der Waals surface area contributed by atoms with Crippen LogP contribution in [0.25, 0.3) is 5.52 Å². The third kappa shape index (κ3) is 14.6. The fraction of sp³-hybridized carbons (Fsp3) is 0.683. The van der Waals surface area contributed by atoms with Gasteiger partial charge >= 0.3 is 7.82 Å². The number of nitrogens with zero attached hydrogens (tertiary/aromatic N) is 4. The van der Waals surface area contributed by atoms with Crippen molar-refractivity contribution in [3.8, 4) is 6.07 Å². The first-order valence-corrected chi connectivity index (χ1v) is 22.0. The van der Waals surface area contributed by atoms with Crippen molar-refractivity contribution in [1.82, 2.24) is 14.6 Å². The summed E-state index contributed by atoms with van der Waals surface area (Å²) < 4.78 is 57.5. The molecule has 1 aliphatic rings. The van der Waals surface area contributed by atoms with Gasteiger partial charge in [0, 0.05) is 6.61 Å². The number of benzene rings is 1. The van der Waals surface area contributed by atoms with Crippen LogP contribution in [0.3, 0.4) is 0 Å². The van der Waals surface area contributed by atoms with Gasteiger partial charge in [-0.2, -0.15) is 10.4 Å². The van der Waals surface area contributed by atoms with Gasteiger partial charge in [0.15, 0.2) is 5.82 Å². The molecule has 0 radical (unpaired) electrons. The quantitative estimate of drug-likeness (QED) is 0.0407. The maximum Gasteiger partial charge on any atom is 0.472 e. The second kappa shape index (κ2) is 23.5. The van der Waals surface area contributed by atoms with E-state index in [0.29, 0.717) is 23.4 Å². The van der Waals surface area contributed by atoms with Crippen molar-refractivity contribution < 1.29 is 47.3 Å². The molecule has 0 amide bonds. The number of anilines is 1. The highest BCUT2D eigenvalue weighted by Gasteiger charge is 2.53. The summed E-state index contributed by atoms with van der Waals surface area (Å²) in [4.78, 5) is 14.7. The maximum absolute atomic E-state index is 14.1. The Balaban J connectivity index is 1.23. The van der Waals surface area contributed by atoms with Gasteiger partial charge in [-0.25, -0.2) is 18.5 Å². The molecule has 7 atom stereocenters. The van der Waals surface area contributed by atoms with Crippen molar-refractivity contribution >= 4 is 19.2 Å². The summed E-state index contributed by atoms with van der Waals surface area (Å²) in [6.45, 7) is 4.71. The van der Waals surface area contributed by atoms with E-state index < -0.39 is 63.0 Å². The van der Waals surface area contributed by atoms with Gasteiger partial charge in [-0.1, -0.05) is 96.8 Å². The van der Waals surface area contributed by atoms with Crippen LogP contribution in [0, 0.1) is 17.1 Å². The summed E-state index contributed by atoms with van der Waals surface area (Å²) in [6.07, 6.45) is 14.5. The predicted molar refractivity (Wildman–Crippen MR) is 213 cm³/mol. The lowest BCUT2D eigenvalue weighted by atomic mass is 9.97. The number of nitrogen functional groups attached to an aromatic ring is 1. The summed E-state index contributed by atoms with van der Waals surface area (Å²) in [5, 5.41) is 35.3. The Morgan fingerprint density at radius 1 is 0.982 bits per heavy atom. The van der Waals surface area contributed by atoms with Crippen LogP contribution in [0.5, 0.6) is 0 Å². The number of nitrogens with two attached hydrogens (primary N) is 1. The number of unbranched alkanes of at least 4 members (excludes halogenated alkanes) is 14. The second-order valence-electron chi connectivity index (χ2n) is 15.4. The molecule has 4 rings (SSSR count). The SMILES string of the molecule is CCCCCCCCCCCCCCCCCO[C@@H](C)[C@H](COP(=O)(O)OC[C@@]1(C)O[C@@H](c2ccc3c(N)ncnn23)[C@H](O)[C@@H]1O)OCc1cc(F)cc(C#N)c1. The van der Waals surface area contributed by atoms with E-state index in [0.717, 1.165) is 25.3 Å². The molecule has 1 saturated heterocycles. The van der Waals surface area contributed by atoms with E-state index in [1.807, 2.05) is 6.07 Å². The minimum absolute atomic E-state index is 0.119. The minimum atomic E-state index is -4.79. The largest absolute Gasteiger partial charge is 0.472 e. The number of hydrogen-bond donors (Lipinski definition) is 4. The van der Waals surface area contributed by atoms with Gasteiger partial charge in [0.25, 0.3) is 0 Å². The van der Waals surface area contributed by atoms with E-state index in [4.69, 9.17) is 29.0 Å². The van der Waals surface area contributed by atoms with Crippen LogP contribution in [-0.2, 0) is 34.4 Å². The highest BCUT2D eigenvalue weighted by molar-refractivity contribution is 7.47. The van der Waals surface area contributed by atoms with Gasteiger partial charge in [0.1, 0.15) is 47.7 Å². The number of fused-ring (bicyclic) bond motifs is 1. The van der Waals surface area contributed by atoms with Crippen molar-refractivity contribution in [3.05, 3.63) is 59.3 Å². The molecule has 0 aliphatic carbocycles. The molecule has 3 aromatic rings. The van der Waals surface area contributed by atoms with Crippen LogP contribution >= 0.6 is 7.82 Å². The standard InChI is InChI=1S/C41H63FN5O9P/c1-4-5-6-7-8-9-10-11-12-13-14-15-16-17-18-21-52-30(2)36(53-26-32-22-31(25-43)23-33(42)24-32)27-54-57(50,51)55-28-41(3)39(49)37(48)38(56-41)34-19-20-35-40(44)45-29-46-47(34)35/h19-20,22-24,29-30,36-39,48-49H,4-18,21,26-28H2,1-3H3,(H,50,51)(H2,44,45,46)/t30-,36-,37-,38-,39-,41+/m0/s1. The van der Waals surface area contributed by atoms with Gasteiger partial charge in [0.05, 0.1) is 43.3 Å². The molecule has 318 valence electrons. The number of phosphoric ester groups is 1. The first kappa shape index (κ1) is 46.7. The zero-order valence-corrected chi connectivity index (χ0v) is 34.7. The lowest BCUT2D eigenvalue weighted by molar-refractivity contribution is -0.106. The molecule has 1 aromatic carbocycles. The number of ether oxygens (including phenoxy) is 3. The van der Waals surface area contributed by atoms with E-state index in [2.05, 4.69) is 17.0 Å². The van der Waals surface area contributed by atoms with Gasteiger partial charge in [-0.3, -0.25) is 9.05 Å². The molecule has 2 aromatic heterocycles. The topological polar surface area (TPSA) is 204 Å². The lowest BCUT2D eigenvalue weighted by Crippen LogP contribution is -2.44. The lowest BCUT2D eigenvalue weighted by Gasteiger charge is -2.29. The number of rotatable bonds is 28. The molecule has 0 bridgehead atoms. The molecule has 1 fully saturated rings. The van der Waals surface area contributed by atoms with E-state index in [1.165, 1.54) is 107 Å². The van der Waals surface area contributed by atoms with E-state index >= 15 is 0 Å². The Hall–Kier alpha value is -3.03. The number of nitriles is 1. The van der Waals surface area contributed by atoms with Crippen LogP contribution in [0.2, 0.25) is 0 Å². The summed E-state index contributed by atoms with van der Waals surface area (Å²) >= 11 is 0. The van der Waals surface area contributed by atoms with Crippen LogP contribution in [0.1, 0.15) is 140 Å². The van der Waals surface area contributed by atoms with Crippen molar-refractivity contribution in [2.45, 2.75) is 160 Å². The molecule has 1 unspecified atom stereocenters. The van der Waals surface area contributed by atoms with Crippen LogP contribution in [0.15, 0.2) is 36.7 Å². The number of aromatic nitrogens is 3. The summed E-state index contributed by atoms with van der Waals surface area (Å²) in [6, 6.07) is 9.05. The highest BCUT2D eigenvalue weighted by Crippen LogP contribution is 2.48. The third-order valence-electron chi connectivity index (χ3n) is 10.6. The first-order valence-electron chi connectivity index (χ1n) is 20.5. The average molecular weight is 820 g/mol. The summed E-state index contributed by atoms with van der Waals surface area (Å²) in [5.74, 6) is -0.380. The fourth-order valence-corrected chi connectivity index (χ4v) is 7.91. The Morgan fingerprint density at radius 3 is 2.25 bits per heavy atom.